The van der Waals surface area contributed by atoms with Gasteiger partial charge in [-0.25, -0.2) is 4.98 Å². The molecule has 2 heterocycles. The Labute approximate surface area is 194 Å². The minimum absolute atomic E-state index is 0.0954. The molecule has 0 aliphatic heterocycles. The minimum atomic E-state index is 0.0954. The molecule has 0 amide bonds. The van der Waals surface area contributed by atoms with Gasteiger partial charge in [-0.15, -0.1) is 0 Å². The Hall–Kier alpha value is -3.11. The van der Waals surface area contributed by atoms with Gasteiger partial charge in [0.05, 0.1) is 42.3 Å². The van der Waals surface area contributed by atoms with Gasteiger partial charge in [-0.3, -0.25) is 15.3 Å². The number of nitriles is 1. The van der Waals surface area contributed by atoms with Crippen LogP contribution in [0.25, 0.3) is 11.0 Å². The lowest BCUT2D eigenvalue weighted by Crippen LogP contribution is -2.35. The molecule has 0 bridgehead atoms. The third kappa shape index (κ3) is 4.53. The first kappa shape index (κ1) is 21.7. The molecule has 2 atom stereocenters. The number of hydroxylamine groups is 1. The van der Waals surface area contributed by atoms with Gasteiger partial charge in [0.1, 0.15) is 11.4 Å². The molecule has 1 unspecified atom stereocenters. The van der Waals surface area contributed by atoms with E-state index in [1.165, 1.54) is 17.9 Å². The third-order valence-corrected chi connectivity index (χ3v) is 7.27. The number of rotatable bonds is 7. The fourth-order valence-electron chi connectivity index (χ4n) is 5.43. The summed E-state index contributed by atoms with van der Waals surface area (Å²) in [6.07, 6.45) is 10.4. The number of pyridine rings is 1. The summed E-state index contributed by atoms with van der Waals surface area (Å²) in [5, 5.41) is 21.5. The summed E-state index contributed by atoms with van der Waals surface area (Å²) < 4.78 is 7.75. The normalized spacial score (nSPS) is 22.8. The van der Waals surface area contributed by atoms with Gasteiger partial charge in [0.25, 0.3) is 0 Å². The second kappa shape index (κ2) is 8.68. The molecule has 1 N–H and O–H groups in total. The van der Waals surface area contributed by atoms with E-state index in [9.17, 15) is 10.5 Å². The van der Waals surface area contributed by atoms with Crippen molar-refractivity contribution in [2.75, 3.05) is 18.7 Å². The van der Waals surface area contributed by atoms with Crippen molar-refractivity contribution in [3.05, 3.63) is 48.0 Å². The zero-order valence-electron chi connectivity index (χ0n) is 19.4. The van der Waals surface area contributed by atoms with Crippen molar-refractivity contribution in [1.29, 1.82) is 5.26 Å². The highest BCUT2D eigenvalue weighted by atomic mass is 16.5. The molecule has 2 saturated carbocycles. The standard InChI is InChI=1S/C26H31N5O2/c1-26(16-30-17-29-21-8-5-18(13-27)10-23(21)30)9-3-4-19(12-26)15-31(32)24-14-28-22(20-6-7-20)11-25(24)33-2/h5,8,10-11,14,17,19-20,32H,3-4,6-7,9,12,15-16H2,1-2H3/t19?,26-/m0/s1. The molecule has 2 aliphatic rings. The Morgan fingerprint density at radius 2 is 2.12 bits per heavy atom. The zero-order chi connectivity index (χ0) is 23.0. The Morgan fingerprint density at radius 1 is 1.27 bits per heavy atom. The second-order valence-corrected chi connectivity index (χ2v) is 10.1. The lowest BCUT2D eigenvalue weighted by atomic mass is 9.70. The molecule has 3 aromatic rings. The maximum Gasteiger partial charge on any atom is 0.147 e. The monoisotopic (exact) mass is 445 g/mol. The molecule has 5 rings (SSSR count). The van der Waals surface area contributed by atoms with E-state index in [-0.39, 0.29) is 5.41 Å². The molecule has 0 spiro atoms. The predicted octanol–water partition coefficient (Wildman–Crippen LogP) is 5.28. The van der Waals surface area contributed by atoms with Crippen molar-refractivity contribution in [3.63, 3.8) is 0 Å². The summed E-state index contributed by atoms with van der Waals surface area (Å²) in [6.45, 7) is 3.73. The zero-order valence-corrected chi connectivity index (χ0v) is 19.4. The summed E-state index contributed by atoms with van der Waals surface area (Å²) in [7, 11) is 1.65. The topological polar surface area (TPSA) is 87.2 Å². The van der Waals surface area contributed by atoms with Gasteiger partial charge in [-0.2, -0.15) is 5.26 Å². The molecular formula is C26H31N5O2. The maximum atomic E-state index is 10.9. The Morgan fingerprint density at radius 3 is 2.88 bits per heavy atom. The minimum Gasteiger partial charge on any atom is -0.494 e. The molecule has 7 nitrogen and oxygen atoms in total. The highest BCUT2D eigenvalue weighted by molar-refractivity contribution is 5.77. The van der Waals surface area contributed by atoms with E-state index in [0.717, 1.165) is 49.0 Å². The molecular weight excluding hydrogens is 414 g/mol. The Bertz CT molecular complexity index is 1200. The van der Waals surface area contributed by atoms with E-state index in [4.69, 9.17) is 4.74 Å². The summed E-state index contributed by atoms with van der Waals surface area (Å²) in [4.78, 5) is 9.10. The van der Waals surface area contributed by atoms with Gasteiger partial charge >= 0.3 is 0 Å². The molecule has 33 heavy (non-hydrogen) atoms. The van der Waals surface area contributed by atoms with Crippen molar-refractivity contribution < 1.29 is 9.94 Å². The van der Waals surface area contributed by atoms with Crippen LogP contribution in [0.2, 0.25) is 0 Å². The summed E-state index contributed by atoms with van der Waals surface area (Å²) in [5.41, 5.74) is 4.37. The van der Waals surface area contributed by atoms with Crippen LogP contribution in [-0.4, -0.2) is 33.4 Å². The highest BCUT2D eigenvalue weighted by Gasteiger charge is 2.34. The van der Waals surface area contributed by atoms with Gasteiger partial charge in [-0.05, 0) is 61.6 Å². The second-order valence-electron chi connectivity index (χ2n) is 10.1. The number of hydrogen-bond acceptors (Lipinski definition) is 6. The number of fused-ring (bicyclic) bond motifs is 1. The van der Waals surface area contributed by atoms with Crippen LogP contribution in [0.5, 0.6) is 5.75 Å². The van der Waals surface area contributed by atoms with Crippen molar-refractivity contribution in [2.45, 2.75) is 57.9 Å². The smallest absolute Gasteiger partial charge is 0.147 e. The first-order valence-electron chi connectivity index (χ1n) is 11.8. The van der Waals surface area contributed by atoms with Crippen LogP contribution in [0.3, 0.4) is 0 Å². The first-order chi connectivity index (χ1) is 16.0. The molecule has 2 fully saturated rings. The van der Waals surface area contributed by atoms with Gasteiger partial charge in [0.15, 0.2) is 0 Å². The molecule has 0 radical (unpaired) electrons. The maximum absolute atomic E-state index is 10.9. The Balaban J connectivity index is 1.29. The number of nitrogens with zero attached hydrogens (tertiary/aromatic N) is 5. The number of methoxy groups -OCH3 is 1. The average Bonchev–Trinajstić information content (AvgIpc) is 3.60. The average molecular weight is 446 g/mol. The molecule has 1 aromatic carbocycles. The van der Waals surface area contributed by atoms with Gasteiger partial charge in [0, 0.05) is 30.8 Å². The first-order valence-corrected chi connectivity index (χ1v) is 11.8. The van der Waals surface area contributed by atoms with Crippen LogP contribution in [0.4, 0.5) is 5.69 Å². The van der Waals surface area contributed by atoms with Crippen molar-refractivity contribution >= 4 is 16.7 Å². The van der Waals surface area contributed by atoms with Crippen LogP contribution in [0, 0.1) is 22.7 Å². The number of anilines is 1. The number of imidazole rings is 1. The highest BCUT2D eigenvalue weighted by Crippen LogP contribution is 2.43. The van der Waals surface area contributed by atoms with E-state index in [1.54, 1.807) is 13.3 Å². The van der Waals surface area contributed by atoms with Gasteiger partial charge in [-0.1, -0.05) is 13.3 Å². The van der Waals surface area contributed by atoms with E-state index in [2.05, 4.69) is 27.5 Å². The van der Waals surface area contributed by atoms with Crippen LogP contribution in [0.15, 0.2) is 36.8 Å². The fraction of sp³-hybridized carbons (Fsp3) is 0.500. The van der Waals surface area contributed by atoms with Gasteiger partial charge in [0.2, 0.25) is 0 Å². The van der Waals surface area contributed by atoms with Crippen molar-refractivity contribution in [1.82, 2.24) is 14.5 Å². The summed E-state index contributed by atoms with van der Waals surface area (Å²) in [5.74, 6) is 1.60. The summed E-state index contributed by atoms with van der Waals surface area (Å²) >= 11 is 0. The SMILES string of the molecule is COc1cc(C2CC2)ncc1N(O)CC1CCC[C@](C)(Cn2cnc3ccc(C#N)cc32)C1. The molecule has 2 aliphatic carbocycles. The van der Waals surface area contributed by atoms with Crippen molar-refractivity contribution in [3.8, 4) is 11.8 Å². The van der Waals surface area contributed by atoms with Crippen LogP contribution in [0.1, 0.15) is 62.6 Å². The number of hydrogen-bond donors (Lipinski definition) is 1. The van der Waals surface area contributed by atoms with E-state index >= 15 is 0 Å². The van der Waals surface area contributed by atoms with Crippen molar-refractivity contribution in [2.24, 2.45) is 11.3 Å². The number of ether oxygens (including phenoxy) is 1. The van der Waals surface area contributed by atoms with Crippen LogP contribution in [-0.2, 0) is 6.54 Å². The molecule has 172 valence electrons. The number of benzene rings is 1. The number of aromatic nitrogens is 3. The van der Waals surface area contributed by atoms with Crippen LogP contribution < -0.4 is 9.80 Å². The lowest BCUT2D eigenvalue weighted by Gasteiger charge is -2.39. The third-order valence-electron chi connectivity index (χ3n) is 7.27. The molecule has 7 heteroatoms. The predicted molar refractivity (Wildman–Crippen MR) is 126 cm³/mol. The fourth-order valence-corrected chi connectivity index (χ4v) is 5.43. The van der Waals surface area contributed by atoms with Gasteiger partial charge < -0.3 is 9.30 Å². The summed E-state index contributed by atoms with van der Waals surface area (Å²) in [6, 6.07) is 9.85. The lowest BCUT2D eigenvalue weighted by molar-refractivity contribution is 0.120. The quantitative estimate of drug-likeness (QED) is 0.498. The molecule has 2 aromatic heterocycles. The van der Waals surface area contributed by atoms with E-state index in [0.29, 0.717) is 35.4 Å². The van der Waals surface area contributed by atoms with E-state index < -0.39 is 0 Å². The largest absolute Gasteiger partial charge is 0.494 e. The Kier molecular flexibility index (Phi) is 5.71. The van der Waals surface area contributed by atoms with Crippen LogP contribution >= 0.6 is 0 Å². The molecule has 0 saturated heterocycles. The van der Waals surface area contributed by atoms with E-state index in [1.807, 2.05) is 30.6 Å².